The van der Waals surface area contributed by atoms with Gasteiger partial charge in [-0.2, -0.15) is 13.2 Å². The zero-order chi connectivity index (χ0) is 17.7. The molecule has 0 amide bonds. The Morgan fingerprint density at radius 2 is 2.08 bits per heavy atom. The van der Waals surface area contributed by atoms with Crippen LogP contribution >= 0.6 is 15.9 Å². The molecular weight excluding hydrogens is 390 g/mol. The van der Waals surface area contributed by atoms with Crippen molar-refractivity contribution in [2.75, 3.05) is 7.05 Å². The minimum absolute atomic E-state index is 0.0527. The molecular formula is C16H20BrF4N3. The molecule has 3 nitrogen and oxygen atoms in total. The number of hydrogen-bond acceptors (Lipinski definition) is 1. The third-order valence-electron chi connectivity index (χ3n) is 4.15. The number of halogens is 5. The number of aliphatic imine (C=N–C) groups is 1. The van der Waals surface area contributed by atoms with E-state index < -0.39 is 12.1 Å². The molecule has 134 valence electrons. The fourth-order valence-corrected chi connectivity index (χ4v) is 3.09. The molecule has 0 saturated heterocycles. The van der Waals surface area contributed by atoms with Gasteiger partial charge in [-0.15, -0.1) is 0 Å². The van der Waals surface area contributed by atoms with Gasteiger partial charge in [0.2, 0.25) is 0 Å². The monoisotopic (exact) mass is 409 g/mol. The highest BCUT2D eigenvalue weighted by molar-refractivity contribution is 9.10. The van der Waals surface area contributed by atoms with Gasteiger partial charge in [-0.3, -0.25) is 4.99 Å². The second-order valence-corrected chi connectivity index (χ2v) is 6.77. The quantitative estimate of drug-likeness (QED) is 0.441. The normalized spacial score (nSPS) is 22.3. The van der Waals surface area contributed by atoms with Gasteiger partial charge in [-0.25, -0.2) is 4.39 Å². The Morgan fingerprint density at radius 1 is 1.33 bits per heavy atom. The van der Waals surface area contributed by atoms with Crippen molar-refractivity contribution < 1.29 is 17.6 Å². The van der Waals surface area contributed by atoms with Crippen molar-refractivity contribution in [1.82, 2.24) is 10.6 Å². The highest BCUT2D eigenvalue weighted by Crippen LogP contribution is 2.37. The first-order valence-corrected chi connectivity index (χ1v) is 8.56. The Labute approximate surface area is 147 Å². The molecule has 2 rings (SSSR count). The Morgan fingerprint density at radius 3 is 2.71 bits per heavy atom. The van der Waals surface area contributed by atoms with Crippen LogP contribution in [0.15, 0.2) is 27.7 Å². The lowest BCUT2D eigenvalue weighted by molar-refractivity contribution is -0.183. The van der Waals surface area contributed by atoms with E-state index in [9.17, 15) is 17.6 Å². The lowest BCUT2D eigenvalue weighted by Gasteiger charge is -2.31. The number of nitrogens with one attached hydrogen (secondary N) is 2. The largest absolute Gasteiger partial charge is 0.391 e. The fourth-order valence-electron chi connectivity index (χ4n) is 2.84. The smallest absolute Gasteiger partial charge is 0.354 e. The van der Waals surface area contributed by atoms with E-state index in [1.165, 1.54) is 6.07 Å². The summed E-state index contributed by atoms with van der Waals surface area (Å²) < 4.78 is 52.5. The van der Waals surface area contributed by atoms with Crippen molar-refractivity contribution in [2.45, 2.75) is 44.4 Å². The molecule has 2 unspecified atom stereocenters. The topological polar surface area (TPSA) is 36.4 Å². The van der Waals surface area contributed by atoms with Crippen molar-refractivity contribution in [3.8, 4) is 0 Å². The summed E-state index contributed by atoms with van der Waals surface area (Å²) in [4.78, 5) is 4.03. The number of alkyl halides is 3. The minimum atomic E-state index is -4.15. The molecule has 0 aliphatic heterocycles. The Hall–Kier alpha value is -1.31. The van der Waals surface area contributed by atoms with E-state index in [1.807, 2.05) is 0 Å². The molecule has 2 atom stereocenters. The summed E-state index contributed by atoms with van der Waals surface area (Å²) in [6, 6.07) is 4.49. The summed E-state index contributed by atoms with van der Waals surface area (Å²) in [5.41, 5.74) is 0.718. The van der Waals surface area contributed by atoms with Crippen LogP contribution in [0.2, 0.25) is 0 Å². The predicted octanol–water partition coefficient (Wildman–Crippen LogP) is 4.37. The molecule has 24 heavy (non-hydrogen) atoms. The number of hydrogen-bond donors (Lipinski definition) is 2. The van der Waals surface area contributed by atoms with Crippen LogP contribution in [-0.2, 0) is 6.54 Å². The van der Waals surface area contributed by atoms with Gasteiger partial charge >= 0.3 is 6.18 Å². The average molecular weight is 410 g/mol. The van der Waals surface area contributed by atoms with E-state index in [0.29, 0.717) is 29.8 Å². The lowest BCUT2D eigenvalue weighted by atomic mass is 9.85. The van der Waals surface area contributed by atoms with Crippen LogP contribution in [0.25, 0.3) is 0 Å². The van der Waals surface area contributed by atoms with Crippen LogP contribution in [0.5, 0.6) is 0 Å². The van der Waals surface area contributed by atoms with Crippen molar-refractivity contribution >= 4 is 21.9 Å². The lowest BCUT2D eigenvalue weighted by Crippen LogP contribution is -2.46. The van der Waals surface area contributed by atoms with Gasteiger partial charge in [0.05, 0.1) is 10.4 Å². The first kappa shape index (κ1) is 19.0. The van der Waals surface area contributed by atoms with E-state index >= 15 is 0 Å². The van der Waals surface area contributed by atoms with Gasteiger partial charge in [-0.1, -0.05) is 12.5 Å². The summed E-state index contributed by atoms with van der Waals surface area (Å²) in [6.45, 7) is 0.333. The van der Waals surface area contributed by atoms with Gasteiger partial charge in [0.1, 0.15) is 5.82 Å². The van der Waals surface area contributed by atoms with Crippen LogP contribution in [-0.4, -0.2) is 25.2 Å². The van der Waals surface area contributed by atoms with E-state index in [2.05, 4.69) is 31.6 Å². The molecule has 1 fully saturated rings. The molecule has 1 aromatic rings. The zero-order valence-corrected chi connectivity index (χ0v) is 14.8. The van der Waals surface area contributed by atoms with Crippen molar-refractivity contribution in [3.05, 3.63) is 34.1 Å². The maximum Gasteiger partial charge on any atom is 0.391 e. The minimum Gasteiger partial charge on any atom is -0.354 e. The van der Waals surface area contributed by atoms with E-state index in [0.717, 1.165) is 5.56 Å². The number of guanidine groups is 1. The van der Waals surface area contributed by atoms with Gasteiger partial charge in [0.15, 0.2) is 5.96 Å². The molecule has 0 aromatic heterocycles. The fraction of sp³-hybridized carbons (Fsp3) is 0.562. The van der Waals surface area contributed by atoms with Gasteiger partial charge in [-0.05, 0) is 52.9 Å². The maximum atomic E-state index is 13.5. The van der Waals surface area contributed by atoms with Gasteiger partial charge in [0.25, 0.3) is 0 Å². The third kappa shape index (κ3) is 5.36. The van der Waals surface area contributed by atoms with E-state index in [-0.39, 0.29) is 24.7 Å². The third-order valence-corrected chi connectivity index (χ3v) is 4.79. The first-order valence-electron chi connectivity index (χ1n) is 7.77. The average Bonchev–Trinajstić information content (AvgIpc) is 2.54. The molecule has 1 aromatic carbocycles. The SMILES string of the molecule is CN=C(NCc1ccc(Br)c(F)c1)NC1CCCC(C(F)(F)F)C1. The molecule has 0 spiro atoms. The van der Waals surface area contributed by atoms with Crippen LogP contribution in [0.3, 0.4) is 0 Å². The molecule has 1 aliphatic rings. The predicted molar refractivity (Wildman–Crippen MR) is 89.2 cm³/mol. The standard InChI is InChI=1S/C16H20BrF4N3/c1-22-15(23-9-10-5-6-13(17)14(18)7-10)24-12-4-2-3-11(8-12)16(19,20)21/h5-7,11-12H,2-4,8-9H2,1H3,(H2,22,23,24). The maximum absolute atomic E-state index is 13.5. The summed E-state index contributed by atoms with van der Waals surface area (Å²) in [6.07, 6.45) is -2.69. The Bertz CT molecular complexity index is 589. The van der Waals surface area contributed by atoms with E-state index in [4.69, 9.17) is 0 Å². The molecule has 0 radical (unpaired) electrons. The molecule has 1 aliphatic carbocycles. The number of nitrogens with zero attached hydrogens (tertiary/aromatic N) is 1. The number of rotatable bonds is 3. The molecule has 8 heteroatoms. The number of benzene rings is 1. The van der Waals surface area contributed by atoms with Crippen LogP contribution in [0, 0.1) is 11.7 Å². The highest BCUT2D eigenvalue weighted by atomic mass is 79.9. The molecule has 0 heterocycles. The second-order valence-electron chi connectivity index (χ2n) is 5.92. The highest BCUT2D eigenvalue weighted by Gasteiger charge is 2.42. The van der Waals surface area contributed by atoms with Crippen molar-refractivity contribution in [3.63, 3.8) is 0 Å². The molecule has 1 saturated carbocycles. The Balaban J connectivity index is 1.89. The van der Waals surface area contributed by atoms with Crippen molar-refractivity contribution in [1.29, 1.82) is 0 Å². The summed E-state index contributed by atoms with van der Waals surface area (Å²) in [5, 5.41) is 6.05. The molecule has 0 bridgehead atoms. The summed E-state index contributed by atoms with van der Waals surface area (Å²) in [5.74, 6) is -1.20. The summed E-state index contributed by atoms with van der Waals surface area (Å²) >= 11 is 3.09. The van der Waals surface area contributed by atoms with E-state index in [1.54, 1.807) is 19.2 Å². The van der Waals surface area contributed by atoms with Crippen LogP contribution in [0.4, 0.5) is 17.6 Å². The van der Waals surface area contributed by atoms with Crippen LogP contribution < -0.4 is 10.6 Å². The zero-order valence-electron chi connectivity index (χ0n) is 13.3. The second kappa shape index (κ2) is 8.18. The molecule has 2 N–H and O–H groups in total. The van der Waals surface area contributed by atoms with Crippen molar-refractivity contribution in [2.24, 2.45) is 10.9 Å². The van der Waals surface area contributed by atoms with Gasteiger partial charge in [0, 0.05) is 19.6 Å². The van der Waals surface area contributed by atoms with Gasteiger partial charge < -0.3 is 10.6 Å². The first-order chi connectivity index (χ1) is 11.3. The summed E-state index contributed by atoms with van der Waals surface area (Å²) in [7, 11) is 1.56. The Kier molecular flexibility index (Phi) is 6.48. The van der Waals surface area contributed by atoms with Crippen LogP contribution in [0.1, 0.15) is 31.2 Å².